The van der Waals surface area contributed by atoms with Gasteiger partial charge in [-0.25, -0.2) is 4.98 Å². The monoisotopic (exact) mass is 577 g/mol. The molecule has 0 atom stereocenters. The number of carbonyl (C=O) groups excluding carboxylic acids is 3. The van der Waals surface area contributed by atoms with Crippen LogP contribution >= 0.6 is 0 Å². The molecule has 2 aromatic carbocycles. The number of nitrogens with zero attached hydrogens (tertiary/aromatic N) is 4. The van der Waals surface area contributed by atoms with Crippen molar-refractivity contribution in [2.24, 2.45) is 10.9 Å². The number of rotatable bonds is 10. The Morgan fingerprint density at radius 3 is 2.23 bits per heavy atom. The number of hydrogen-bond acceptors (Lipinski definition) is 8. The molecule has 4 rings (SSSR count). The number of aliphatic imine (C=N–C) groups is 1. The summed E-state index contributed by atoms with van der Waals surface area (Å²) in [5.41, 5.74) is 1.59. The highest BCUT2D eigenvalue weighted by molar-refractivity contribution is 6.03. The van der Waals surface area contributed by atoms with Gasteiger partial charge in [-0.1, -0.05) is 6.08 Å². The van der Waals surface area contributed by atoms with Gasteiger partial charge >= 0.3 is 0 Å². The third-order valence-corrected chi connectivity index (χ3v) is 6.96. The maximum atomic E-state index is 13.1. The lowest BCUT2D eigenvalue weighted by Crippen LogP contribution is -2.40. The van der Waals surface area contributed by atoms with E-state index in [-0.39, 0.29) is 23.3 Å². The number of methoxy groups -OCH3 is 1. The van der Waals surface area contributed by atoms with Gasteiger partial charge in [0.2, 0.25) is 0 Å². The SMILES string of the molecule is C=N/C(=C\C=C(/C)C(=O)Nc1ccc(Oc2ccc(C#N)cc2)cn1)C(=O)N1CCC(C(=O)c2ccc(OC)cc2)CC1. The van der Waals surface area contributed by atoms with Gasteiger partial charge in [-0.3, -0.25) is 19.4 Å². The summed E-state index contributed by atoms with van der Waals surface area (Å²) in [6.45, 7) is 5.95. The average Bonchev–Trinajstić information content (AvgIpc) is 3.05. The molecule has 43 heavy (non-hydrogen) atoms. The van der Waals surface area contributed by atoms with Crippen molar-refractivity contribution >= 4 is 30.1 Å². The minimum atomic E-state index is -0.404. The highest BCUT2D eigenvalue weighted by Crippen LogP contribution is 2.25. The molecule has 0 saturated carbocycles. The van der Waals surface area contributed by atoms with E-state index in [4.69, 9.17) is 14.7 Å². The van der Waals surface area contributed by atoms with Crippen LogP contribution in [-0.2, 0) is 9.59 Å². The van der Waals surface area contributed by atoms with Crippen LogP contribution in [0.3, 0.4) is 0 Å². The average molecular weight is 578 g/mol. The number of benzene rings is 2. The molecule has 1 fully saturated rings. The van der Waals surface area contributed by atoms with Gasteiger partial charge in [0.1, 0.15) is 28.8 Å². The lowest BCUT2D eigenvalue weighted by Gasteiger charge is -2.31. The number of allylic oxidation sites excluding steroid dienone is 2. The molecule has 2 amide bonds. The van der Waals surface area contributed by atoms with Crippen LogP contribution in [0.2, 0.25) is 0 Å². The Morgan fingerprint density at radius 1 is 1.00 bits per heavy atom. The molecule has 218 valence electrons. The lowest BCUT2D eigenvalue weighted by atomic mass is 9.88. The molecule has 1 N–H and O–H groups in total. The number of ketones is 1. The molecule has 10 heteroatoms. The van der Waals surface area contributed by atoms with Crippen molar-refractivity contribution in [2.45, 2.75) is 19.8 Å². The lowest BCUT2D eigenvalue weighted by molar-refractivity contribution is -0.128. The second kappa shape index (κ2) is 14.4. The molecular weight excluding hydrogens is 546 g/mol. The molecule has 10 nitrogen and oxygen atoms in total. The number of nitriles is 1. The minimum Gasteiger partial charge on any atom is -0.497 e. The molecule has 2 heterocycles. The topological polar surface area (TPSA) is 134 Å². The van der Waals surface area contributed by atoms with E-state index >= 15 is 0 Å². The highest BCUT2D eigenvalue weighted by Gasteiger charge is 2.29. The zero-order valence-electron chi connectivity index (χ0n) is 23.9. The van der Waals surface area contributed by atoms with Crippen LogP contribution in [0.15, 0.2) is 95.3 Å². The molecule has 0 spiro atoms. The zero-order valence-corrected chi connectivity index (χ0v) is 23.9. The van der Waals surface area contributed by atoms with Gasteiger partial charge in [-0.15, -0.1) is 0 Å². The Kier molecular flexibility index (Phi) is 10.2. The summed E-state index contributed by atoms with van der Waals surface area (Å²) in [7, 11) is 1.58. The fourth-order valence-electron chi connectivity index (χ4n) is 4.43. The standard InChI is InChI=1S/C33H31N5O5/c1-22(32(40)37-30-15-13-28(21-36-30)43-27-9-5-23(20-34)6-10-27)4-14-29(35-2)33(41)38-18-16-25(17-19-38)31(39)24-7-11-26(42-3)12-8-24/h4-15,21,25H,2,16-19H2,1,3H3,(H,36,37,40)/b22-4+,29-14-. The van der Waals surface area contributed by atoms with Crippen molar-refractivity contribution in [1.29, 1.82) is 5.26 Å². The van der Waals surface area contributed by atoms with Crippen LogP contribution in [-0.4, -0.2) is 54.4 Å². The summed E-state index contributed by atoms with van der Waals surface area (Å²) in [5, 5.41) is 11.6. The Hall–Kier alpha value is -5.56. The molecule has 0 aliphatic carbocycles. The first-order chi connectivity index (χ1) is 20.8. The smallest absolute Gasteiger partial charge is 0.272 e. The number of hydrogen-bond donors (Lipinski definition) is 1. The molecule has 0 unspecified atom stereocenters. The number of nitrogens with one attached hydrogen (secondary N) is 1. The van der Waals surface area contributed by atoms with Gasteiger partial charge < -0.3 is 19.7 Å². The number of ether oxygens (including phenoxy) is 2. The fraction of sp³-hybridized carbons (Fsp3) is 0.212. The van der Waals surface area contributed by atoms with Crippen molar-refractivity contribution in [1.82, 2.24) is 9.88 Å². The first-order valence-corrected chi connectivity index (χ1v) is 13.6. The van der Waals surface area contributed by atoms with Crippen molar-refractivity contribution in [3.63, 3.8) is 0 Å². The quantitative estimate of drug-likeness (QED) is 0.149. The third-order valence-electron chi connectivity index (χ3n) is 6.96. The number of carbonyl (C=O) groups is 3. The Balaban J connectivity index is 1.30. The largest absolute Gasteiger partial charge is 0.497 e. The van der Waals surface area contributed by atoms with Crippen LogP contribution in [0.1, 0.15) is 35.7 Å². The highest BCUT2D eigenvalue weighted by atomic mass is 16.5. The second-order valence-electron chi connectivity index (χ2n) is 9.79. The Morgan fingerprint density at radius 2 is 1.65 bits per heavy atom. The second-order valence-corrected chi connectivity index (χ2v) is 9.79. The van der Waals surface area contributed by atoms with E-state index in [9.17, 15) is 14.4 Å². The van der Waals surface area contributed by atoms with Crippen LogP contribution in [0.4, 0.5) is 5.82 Å². The van der Waals surface area contributed by atoms with Crippen LogP contribution in [0, 0.1) is 17.2 Å². The summed E-state index contributed by atoms with van der Waals surface area (Å²) < 4.78 is 10.9. The number of aromatic nitrogens is 1. The van der Waals surface area contributed by atoms with Gasteiger partial charge in [0, 0.05) is 30.1 Å². The zero-order chi connectivity index (χ0) is 30.8. The van der Waals surface area contributed by atoms with Crippen LogP contribution in [0.5, 0.6) is 17.2 Å². The molecule has 1 aromatic heterocycles. The maximum Gasteiger partial charge on any atom is 0.272 e. The van der Waals surface area contributed by atoms with Crippen LogP contribution < -0.4 is 14.8 Å². The van der Waals surface area contributed by atoms with Gasteiger partial charge in [-0.2, -0.15) is 5.26 Å². The number of Topliss-reactive ketones (excluding diaryl/α,β-unsaturated/α-hetero) is 1. The van der Waals surface area contributed by atoms with Gasteiger partial charge in [-0.05, 0) is 93.2 Å². The van der Waals surface area contributed by atoms with E-state index in [0.29, 0.717) is 65.7 Å². The van der Waals surface area contributed by atoms with Crippen molar-refractivity contribution in [3.05, 3.63) is 101 Å². The number of likely N-dealkylation sites (tertiary alicyclic amines) is 1. The third kappa shape index (κ3) is 8.01. The Bertz CT molecular complexity index is 1580. The molecule has 1 aliphatic rings. The molecule has 1 aliphatic heterocycles. The van der Waals surface area contributed by atoms with E-state index < -0.39 is 5.91 Å². The number of piperidine rings is 1. The van der Waals surface area contributed by atoms with Gasteiger partial charge in [0.05, 0.1) is 24.9 Å². The Labute approximate surface area is 250 Å². The summed E-state index contributed by atoms with van der Waals surface area (Å²) in [5.74, 6) is 1.19. The van der Waals surface area contributed by atoms with E-state index in [0.717, 1.165) is 0 Å². The number of pyridine rings is 1. The number of amides is 2. The summed E-state index contributed by atoms with van der Waals surface area (Å²) in [6.07, 6.45) is 5.52. The molecule has 0 radical (unpaired) electrons. The van der Waals surface area contributed by atoms with Crippen molar-refractivity contribution in [2.75, 3.05) is 25.5 Å². The van der Waals surface area contributed by atoms with E-state index in [2.05, 4.69) is 22.0 Å². The predicted octanol–water partition coefficient (Wildman–Crippen LogP) is 5.34. The van der Waals surface area contributed by atoms with Gasteiger partial charge in [0.15, 0.2) is 5.78 Å². The summed E-state index contributed by atoms with van der Waals surface area (Å²) >= 11 is 0. The van der Waals surface area contributed by atoms with Crippen molar-refractivity contribution < 1.29 is 23.9 Å². The predicted molar refractivity (Wildman–Crippen MR) is 162 cm³/mol. The van der Waals surface area contributed by atoms with E-state index in [1.807, 2.05) is 6.07 Å². The summed E-state index contributed by atoms with van der Waals surface area (Å²) in [6, 6.07) is 19.0. The van der Waals surface area contributed by atoms with Crippen LogP contribution in [0.25, 0.3) is 0 Å². The molecule has 3 aromatic rings. The minimum absolute atomic E-state index is 0.0555. The fourth-order valence-corrected chi connectivity index (χ4v) is 4.43. The normalized spacial score (nSPS) is 13.9. The maximum absolute atomic E-state index is 13.1. The van der Waals surface area contributed by atoms with Crippen molar-refractivity contribution in [3.8, 4) is 23.3 Å². The molecule has 0 bridgehead atoms. The van der Waals surface area contributed by atoms with E-state index in [1.54, 1.807) is 79.6 Å². The first kappa shape index (κ1) is 30.4. The first-order valence-electron chi connectivity index (χ1n) is 13.6. The molecule has 1 saturated heterocycles. The number of anilines is 1. The van der Waals surface area contributed by atoms with E-state index in [1.165, 1.54) is 18.3 Å². The summed E-state index contributed by atoms with van der Waals surface area (Å²) in [4.78, 5) is 48.4. The van der Waals surface area contributed by atoms with Gasteiger partial charge in [0.25, 0.3) is 11.8 Å². The molecular formula is C33H31N5O5.